The Morgan fingerprint density at radius 3 is 1.13 bits per heavy atom. The van der Waals surface area contributed by atoms with E-state index in [1.807, 2.05) is 6.08 Å². The van der Waals surface area contributed by atoms with Crippen LogP contribution < -0.4 is 5.32 Å². The monoisotopic (exact) mass is 1180 g/mol. The molecule has 8 unspecified atom stereocenters. The number of hydrogen-bond acceptors (Lipinski definition) is 10. The number of carbonyl (C=O) groups excluding carboxylic acids is 2. The number of nitrogens with one attached hydrogen (secondary N) is 1. The first-order valence-corrected chi connectivity index (χ1v) is 36.5. The summed E-state index contributed by atoms with van der Waals surface area (Å²) in [6.07, 6.45) is 61.2. The molecule has 1 saturated heterocycles. The third-order valence-corrected chi connectivity index (χ3v) is 17.7. The molecule has 8 atom stereocenters. The summed E-state index contributed by atoms with van der Waals surface area (Å²) in [7, 11) is 0. The van der Waals surface area contributed by atoms with Crippen molar-refractivity contribution in [2.24, 2.45) is 0 Å². The van der Waals surface area contributed by atoms with E-state index in [2.05, 4.69) is 26.1 Å². The zero-order valence-electron chi connectivity index (χ0n) is 54.9. The molecule has 6 N–H and O–H groups in total. The maximum Gasteiger partial charge on any atom is 0.306 e. The first kappa shape index (κ1) is 79.4. The number of carbonyl (C=O) groups is 2. The van der Waals surface area contributed by atoms with E-state index >= 15 is 0 Å². The molecule has 0 bridgehead atoms. The summed E-state index contributed by atoms with van der Waals surface area (Å²) in [5.74, 6) is -1.17. The molecule has 0 saturated carbocycles. The lowest BCUT2D eigenvalue weighted by molar-refractivity contribution is -0.305. The normalized spacial score (nSPS) is 18.5. The van der Waals surface area contributed by atoms with Crippen molar-refractivity contribution in [2.75, 3.05) is 13.2 Å². The van der Waals surface area contributed by atoms with Gasteiger partial charge >= 0.3 is 5.97 Å². The maximum atomic E-state index is 13.5. The van der Waals surface area contributed by atoms with Crippen molar-refractivity contribution in [1.82, 2.24) is 5.32 Å². The molecule has 83 heavy (non-hydrogen) atoms. The highest BCUT2D eigenvalue weighted by Gasteiger charge is 2.47. The highest BCUT2D eigenvalue weighted by Crippen LogP contribution is 2.27. The van der Waals surface area contributed by atoms with E-state index in [0.29, 0.717) is 19.3 Å². The van der Waals surface area contributed by atoms with Gasteiger partial charge in [0, 0.05) is 6.42 Å². The molecule has 1 heterocycles. The Balaban J connectivity index is 2.56. The van der Waals surface area contributed by atoms with Gasteiger partial charge in [0.25, 0.3) is 0 Å². The lowest BCUT2D eigenvalue weighted by atomic mass is 9.99. The Labute approximate surface area is 512 Å². The Morgan fingerprint density at radius 2 is 0.783 bits per heavy atom. The van der Waals surface area contributed by atoms with Crippen LogP contribution in [0.15, 0.2) is 12.2 Å². The van der Waals surface area contributed by atoms with E-state index in [1.54, 1.807) is 6.08 Å². The highest BCUT2D eigenvalue weighted by atomic mass is 16.7. The van der Waals surface area contributed by atoms with E-state index in [4.69, 9.17) is 14.2 Å². The average molecular weight is 1180 g/mol. The number of amides is 1. The van der Waals surface area contributed by atoms with Gasteiger partial charge in [-0.05, 0) is 25.7 Å². The first-order valence-electron chi connectivity index (χ1n) is 36.5. The van der Waals surface area contributed by atoms with Crippen molar-refractivity contribution < 1.29 is 49.3 Å². The van der Waals surface area contributed by atoms with Gasteiger partial charge < -0.3 is 45.1 Å². The van der Waals surface area contributed by atoms with Crippen molar-refractivity contribution in [3.63, 3.8) is 0 Å². The van der Waals surface area contributed by atoms with Crippen molar-refractivity contribution in [1.29, 1.82) is 0 Å². The third kappa shape index (κ3) is 48.1. The Hall–Kier alpha value is -1.60. The molecule has 11 nitrogen and oxygen atoms in total. The van der Waals surface area contributed by atoms with Crippen LogP contribution >= 0.6 is 0 Å². The summed E-state index contributed by atoms with van der Waals surface area (Å²) in [5, 5.41) is 57.3. The van der Waals surface area contributed by atoms with Crippen LogP contribution in [0.1, 0.15) is 374 Å². The molecule has 1 fully saturated rings. The van der Waals surface area contributed by atoms with Crippen LogP contribution in [0.4, 0.5) is 0 Å². The molecule has 0 radical (unpaired) electrons. The van der Waals surface area contributed by atoms with Crippen LogP contribution in [0, 0.1) is 0 Å². The second kappa shape index (κ2) is 60.7. The predicted molar refractivity (Wildman–Crippen MR) is 348 cm³/mol. The molecule has 0 aromatic rings. The number of rotatable bonds is 64. The van der Waals surface area contributed by atoms with Gasteiger partial charge in [-0.25, -0.2) is 0 Å². The Morgan fingerprint density at radius 1 is 0.458 bits per heavy atom. The van der Waals surface area contributed by atoms with E-state index in [-0.39, 0.29) is 13.0 Å². The zero-order valence-corrected chi connectivity index (χ0v) is 54.9. The van der Waals surface area contributed by atoms with Crippen molar-refractivity contribution in [3.05, 3.63) is 12.2 Å². The standard InChI is InChI=1S/C72H139NO10/c1-4-7-10-13-16-19-22-25-27-29-30-31-32-33-34-35-37-38-41-44-47-50-53-56-59-65(76)71(80)73-63(64(75)58-55-52-49-46-43-40-24-21-18-15-12-9-6-3)62-81-72-70(69(79)68(78)66(61-74)82-72)83-67(77)60-57-54-51-48-45-42-39-36-28-26-23-20-17-14-11-8-5-2/h55,58,63-66,68-70,72,74-76,78-79H,4-54,56-57,59-62H2,1-3H3,(H,73,80)/b58-55+. The quantitative estimate of drug-likeness (QED) is 0.0195. The lowest BCUT2D eigenvalue weighted by Crippen LogP contribution is -2.61. The topological polar surface area (TPSA) is 175 Å². The molecule has 11 heteroatoms. The van der Waals surface area contributed by atoms with Crippen LogP contribution in [0.5, 0.6) is 0 Å². The van der Waals surface area contributed by atoms with Gasteiger partial charge in [0.1, 0.15) is 24.4 Å². The molecule has 1 rings (SSSR count). The summed E-state index contributed by atoms with van der Waals surface area (Å²) in [6.45, 7) is 5.87. The molecule has 1 aliphatic rings. The third-order valence-electron chi connectivity index (χ3n) is 17.7. The predicted octanol–water partition coefficient (Wildman–Crippen LogP) is 18.6. The minimum atomic E-state index is -1.61. The van der Waals surface area contributed by atoms with E-state index in [9.17, 15) is 35.1 Å². The fourth-order valence-electron chi connectivity index (χ4n) is 12.0. The fourth-order valence-corrected chi connectivity index (χ4v) is 12.0. The van der Waals surface area contributed by atoms with E-state index < -0.39 is 67.4 Å². The molecule has 0 spiro atoms. The average Bonchev–Trinajstić information content (AvgIpc) is 3.67. The zero-order chi connectivity index (χ0) is 60.3. The number of unbranched alkanes of at least 4 members (excludes halogenated alkanes) is 50. The number of aliphatic hydroxyl groups is 5. The number of hydrogen-bond donors (Lipinski definition) is 6. The van der Waals surface area contributed by atoms with Gasteiger partial charge in [-0.3, -0.25) is 9.59 Å². The SMILES string of the molecule is CCCCCCCCCCCCC/C=C/C(O)C(COC1OC(CO)C(O)C(O)C1OC(=O)CCCCCCCCCCCCCCCCCCC)NC(=O)C(O)CCCCCCCCCCCCCCCCCCCCCCCCCC. The van der Waals surface area contributed by atoms with Gasteiger partial charge in [-0.1, -0.05) is 354 Å². The lowest BCUT2D eigenvalue weighted by Gasteiger charge is -2.41. The molecule has 1 amide bonds. The number of esters is 1. The van der Waals surface area contributed by atoms with Crippen molar-refractivity contribution in [3.8, 4) is 0 Å². The summed E-state index contributed by atoms with van der Waals surface area (Å²) < 4.78 is 17.7. The molecular formula is C72H139NO10. The second-order valence-corrected chi connectivity index (χ2v) is 25.7. The van der Waals surface area contributed by atoms with E-state index in [1.165, 1.54) is 270 Å². The Bertz CT molecular complexity index is 1400. The highest BCUT2D eigenvalue weighted by molar-refractivity contribution is 5.80. The number of ether oxygens (including phenoxy) is 3. The van der Waals surface area contributed by atoms with Gasteiger partial charge in [-0.15, -0.1) is 0 Å². The minimum Gasteiger partial charge on any atom is -0.454 e. The van der Waals surface area contributed by atoms with E-state index in [0.717, 1.165) is 57.8 Å². The summed E-state index contributed by atoms with van der Waals surface area (Å²) in [4.78, 5) is 26.7. The summed E-state index contributed by atoms with van der Waals surface area (Å²) in [5.41, 5.74) is 0. The molecule has 492 valence electrons. The van der Waals surface area contributed by atoms with Gasteiger partial charge in [0.2, 0.25) is 5.91 Å². The maximum absolute atomic E-state index is 13.5. The molecule has 0 aliphatic carbocycles. The van der Waals surface area contributed by atoms with Gasteiger partial charge in [0.15, 0.2) is 12.4 Å². The van der Waals surface area contributed by atoms with Crippen LogP contribution in [-0.4, -0.2) is 99.6 Å². The molecule has 0 aromatic heterocycles. The second-order valence-electron chi connectivity index (χ2n) is 25.7. The first-order chi connectivity index (χ1) is 40.7. The summed E-state index contributed by atoms with van der Waals surface area (Å²) >= 11 is 0. The van der Waals surface area contributed by atoms with Crippen molar-refractivity contribution >= 4 is 11.9 Å². The van der Waals surface area contributed by atoms with Crippen molar-refractivity contribution in [2.45, 2.75) is 423 Å². The molecular weight excluding hydrogens is 1040 g/mol. The van der Waals surface area contributed by atoms with Crippen LogP contribution in [0.2, 0.25) is 0 Å². The van der Waals surface area contributed by atoms with Crippen LogP contribution in [0.3, 0.4) is 0 Å². The van der Waals surface area contributed by atoms with Crippen LogP contribution in [0.25, 0.3) is 0 Å². The largest absolute Gasteiger partial charge is 0.454 e. The smallest absolute Gasteiger partial charge is 0.306 e. The summed E-state index contributed by atoms with van der Waals surface area (Å²) in [6, 6.07) is -1.02. The minimum absolute atomic E-state index is 0.132. The fraction of sp³-hybridized carbons (Fsp3) is 0.944. The number of aliphatic hydroxyl groups excluding tert-OH is 5. The van der Waals surface area contributed by atoms with Gasteiger partial charge in [0.05, 0.1) is 25.4 Å². The molecule has 1 aliphatic heterocycles. The van der Waals surface area contributed by atoms with Crippen LogP contribution in [-0.2, 0) is 23.8 Å². The number of allylic oxidation sites excluding steroid dienone is 1. The Kier molecular flexibility index (Phi) is 58.1. The molecule has 0 aromatic carbocycles. The van der Waals surface area contributed by atoms with Gasteiger partial charge in [-0.2, -0.15) is 0 Å².